The van der Waals surface area contributed by atoms with Crippen LogP contribution in [0.5, 0.6) is 0 Å². The van der Waals surface area contributed by atoms with Gasteiger partial charge in [-0.05, 0) is 5.41 Å². The highest BCUT2D eigenvalue weighted by atomic mass is 32.2. The van der Waals surface area contributed by atoms with Gasteiger partial charge in [-0.1, -0.05) is 0 Å². The molecule has 0 amide bonds. The van der Waals surface area contributed by atoms with E-state index in [1.165, 1.54) is 18.9 Å². The van der Waals surface area contributed by atoms with E-state index >= 15 is 0 Å². The van der Waals surface area contributed by atoms with Crippen LogP contribution in [0.1, 0.15) is 0 Å². The number of carbonyl (C=O) groups excluding carboxylic acids is 1. The molecule has 0 aromatic rings. The summed E-state index contributed by atoms with van der Waals surface area (Å²) < 4.78 is 4.49. The number of methoxy groups -OCH3 is 1. The van der Waals surface area contributed by atoms with Crippen molar-refractivity contribution in [3.8, 4) is 0 Å². The van der Waals surface area contributed by atoms with Crippen molar-refractivity contribution < 1.29 is 9.53 Å². The maximum atomic E-state index is 10.7. The molecular formula is C5H6O2S2. The maximum absolute atomic E-state index is 10.7. The minimum atomic E-state index is -0.218. The van der Waals surface area contributed by atoms with Gasteiger partial charge in [-0.15, -0.1) is 23.5 Å². The summed E-state index contributed by atoms with van der Waals surface area (Å²) >= 11 is 3.15. The van der Waals surface area contributed by atoms with Crippen molar-refractivity contribution >= 4 is 29.5 Å². The molecule has 9 heavy (non-hydrogen) atoms. The van der Waals surface area contributed by atoms with E-state index in [2.05, 4.69) is 4.74 Å². The molecule has 0 aromatic carbocycles. The molecule has 4 heteroatoms. The van der Waals surface area contributed by atoms with Crippen LogP contribution in [-0.2, 0) is 9.53 Å². The molecule has 2 nitrogen and oxygen atoms in total. The van der Waals surface area contributed by atoms with Crippen molar-refractivity contribution in [1.82, 2.24) is 0 Å². The fourth-order valence-electron chi connectivity index (χ4n) is 0.449. The van der Waals surface area contributed by atoms with Crippen LogP contribution in [0.25, 0.3) is 0 Å². The summed E-state index contributed by atoms with van der Waals surface area (Å²) in [6.07, 6.45) is 0. The minimum absolute atomic E-state index is 0.218. The molecule has 0 N–H and O–H groups in total. The second kappa shape index (κ2) is 3.17. The Kier molecular flexibility index (Phi) is 2.48. The third kappa shape index (κ3) is 1.66. The Labute approximate surface area is 62.0 Å². The normalized spacial score (nSPS) is 17.2. The van der Waals surface area contributed by atoms with Crippen molar-refractivity contribution in [2.24, 2.45) is 0 Å². The molecule has 0 fully saturated rings. The molecule has 1 rings (SSSR count). The van der Waals surface area contributed by atoms with Gasteiger partial charge in [-0.2, -0.15) is 0 Å². The fraction of sp³-hybridized carbons (Fsp3) is 0.400. The third-order valence-electron chi connectivity index (χ3n) is 0.859. The minimum Gasteiger partial charge on any atom is -0.465 e. The molecule has 1 aliphatic heterocycles. The Morgan fingerprint density at radius 2 is 2.67 bits per heavy atom. The smallest absolute Gasteiger partial charge is 0.344 e. The quantitative estimate of drug-likeness (QED) is 0.545. The van der Waals surface area contributed by atoms with Crippen LogP contribution in [0.3, 0.4) is 0 Å². The predicted molar refractivity (Wildman–Crippen MR) is 40.1 cm³/mol. The van der Waals surface area contributed by atoms with Gasteiger partial charge in [0, 0.05) is 5.08 Å². The average molecular weight is 162 g/mol. The van der Waals surface area contributed by atoms with E-state index in [0.29, 0.717) is 0 Å². The van der Waals surface area contributed by atoms with E-state index in [1.54, 1.807) is 11.8 Å². The van der Waals surface area contributed by atoms with E-state index in [9.17, 15) is 4.79 Å². The van der Waals surface area contributed by atoms with Crippen LogP contribution < -0.4 is 0 Å². The maximum Gasteiger partial charge on any atom is 0.344 e. The molecule has 0 bridgehead atoms. The van der Waals surface area contributed by atoms with Crippen molar-refractivity contribution in [3.05, 3.63) is 10.3 Å². The topological polar surface area (TPSA) is 26.3 Å². The van der Waals surface area contributed by atoms with Gasteiger partial charge >= 0.3 is 5.97 Å². The Hall–Kier alpha value is -0.0900. The number of esters is 1. The van der Waals surface area contributed by atoms with Gasteiger partial charge in [0.1, 0.15) is 0 Å². The van der Waals surface area contributed by atoms with Crippen molar-refractivity contribution in [2.75, 3.05) is 12.2 Å². The molecule has 0 aliphatic carbocycles. The second-order valence-electron chi connectivity index (χ2n) is 1.40. The summed E-state index contributed by atoms with van der Waals surface area (Å²) in [5.41, 5.74) is 0. The van der Waals surface area contributed by atoms with Crippen molar-refractivity contribution in [1.29, 1.82) is 0 Å². The van der Waals surface area contributed by atoms with E-state index in [1.807, 2.05) is 5.41 Å². The highest BCUT2D eigenvalue weighted by molar-refractivity contribution is 8.22. The van der Waals surface area contributed by atoms with Crippen molar-refractivity contribution in [3.63, 3.8) is 0 Å². The van der Waals surface area contributed by atoms with Crippen LogP contribution in [-0.4, -0.2) is 18.2 Å². The van der Waals surface area contributed by atoms with E-state index < -0.39 is 0 Å². The van der Waals surface area contributed by atoms with Gasteiger partial charge in [-0.3, -0.25) is 0 Å². The molecule has 0 atom stereocenters. The molecule has 0 saturated heterocycles. The molecule has 1 heterocycles. The molecule has 0 spiro atoms. The van der Waals surface area contributed by atoms with Gasteiger partial charge in [0.05, 0.1) is 12.0 Å². The van der Waals surface area contributed by atoms with E-state index in [-0.39, 0.29) is 5.97 Å². The number of ether oxygens (including phenoxy) is 1. The monoisotopic (exact) mass is 162 g/mol. The van der Waals surface area contributed by atoms with Crippen LogP contribution in [0, 0.1) is 0 Å². The molecular weight excluding hydrogens is 156 g/mol. The van der Waals surface area contributed by atoms with E-state index in [4.69, 9.17) is 0 Å². The zero-order valence-corrected chi connectivity index (χ0v) is 6.55. The molecule has 50 valence electrons. The SMILES string of the molecule is COC(=O)C1=CSCS1. The fourth-order valence-corrected chi connectivity index (χ4v) is 2.43. The van der Waals surface area contributed by atoms with Gasteiger partial charge in [0.25, 0.3) is 0 Å². The molecule has 0 saturated carbocycles. The van der Waals surface area contributed by atoms with Crippen LogP contribution in [0.2, 0.25) is 0 Å². The first-order valence-electron chi connectivity index (χ1n) is 2.37. The Bertz CT molecular complexity index is 153. The summed E-state index contributed by atoms with van der Waals surface area (Å²) in [5, 5.41) is 2.76. The highest BCUT2D eigenvalue weighted by Gasteiger charge is 2.13. The van der Waals surface area contributed by atoms with Gasteiger partial charge in [-0.25, -0.2) is 4.79 Å². The van der Waals surface area contributed by atoms with Gasteiger partial charge < -0.3 is 4.74 Å². The first kappa shape index (κ1) is 7.02. The van der Waals surface area contributed by atoms with Gasteiger partial charge in [0.2, 0.25) is 0 Å². The summed E-state index contributed by atoms with van der Waals surface area (Å²) in [6.45, 7) is 0. The molecule has 0 radical (unpaired) electrons. The van der Waals surface area contributed by atoms with Crippen molar-refractivity contribution in [2.45, 2.75) is 0 Å². The van der Waals surface area contributed by atoms with E-state index in [0.717, 1.165) is 9.99 Å². The summed E-state index contributed by atoms with van der Waals surface area (Å²) in [4.78, 5) is 11.4. The lowest BCUT2D eigenvalue weighted by Gasteiger charge is -1.94. The summed E-state index contributed by atoms with van der Waals surface area (Å²) in [5.74, 6) is -0.218. The Morgan fingerprint density at radius 3 is 3.11 bits per heavy atom. The zero-order valence-electron chi connectivity index (χ0n) is 4.92. The summed E-state index contributed by atoms with van der Waals surface area (Å²) in [6, 6.07) is 0. The average Bonchev–Trinajstić information content (AvgIpc) is 2.37. The molecule has 0 aromatic heterocycles. The first-order chi connectivity index (χ1) is 4.34. The van der Waals surface area contributed by atoms with Crippen LogP contribution in [0.15, 0.2) is 10.3 Å². The second-order valence-corrected chi connectivity index (χ2v) is 3.64. The number of hydrogen-bond donors (Lipinski definition) is 0. The third-order valence-corrected chi connectivity index (χ3v) is 3.02. The lowest BCUT2D eigenvalue weighted by molar-refractivity contribution is -0.135. The predicted octanol–water partition coefficient (Wildman–Crippen LogP) is 1.44. The Balaban J connectivity index is 2.51. The molecule has 0 unspecified atom stereocenters. The highest BCUT2D eigenvalue weighted by Crippen LogP contribution is 2.32. The standard InChI is InChI=1S/C5H6O2S2/c1-7-5(6)4-2-8-3-9-4/h2H,3H2,1H3. The zero-order chi connectivity index (χ0) is 6.69. The van der Waals surface area contributed by atoms with Crippen LogP contribution >= 0.6 is 23.5 Å². The number of carbonyl (C=O) groups is 1. The largest absolute Gasteiger partial charge is 0.465 e. The number of thioether (sulfide) groups is 2. The first-order valence-corrected chi connectivity index (χ1v) is 4.41. The Morgan fingerprint density at radius 1 is 1.89 bits per heavy atom. The molecule has 1 aliphatic rings. The lowest BCUT2D eigenvalue weighted by Crippen LogP contribution is -1.99. The number of rotatable bonds is 1. The van der Waals surface area contributed by atoms with Crippen LogP contribution in [0.4, 0.5) is 0 Å². The lowest BCUT2D eigenvalue weighted by atomic mass is 10.6. The number of hydrogen-bond acceptors (Lipinski definition) is 4. The summed E-state index contributed by atoms with van der Waals surface area (Å²) in [7, 11) is 1.40. The van der Waals surface area contributed by atoms with Gasteiger partial charge in [0.15, 0.2) is 0 Å².